The van der Waals surface area contributed by atoms with Crippen LogP contribution in [-0.2, 0) is 9.53 Å². The molecule has 0 rings (SSSR count). The molecule has 1 atom stereocenters. The summed E-state index contributed by atoms with van der Waals surface area (Å²) in [5, 5.41) is 0. The van der Waals surface area contributed by atoms with Gasteiger partial charge < -0.3 is 4.74 Å². The first-order valence-corrected chi connectivity index (χ1v) is 4.68. The molecule has 0 bridgehead atoms. The summed E-state index contributed by atoms with van der Waals surface area (Å²) >= 11 is 0. The molecule has 0 aromatic heterocycles. The minimum Gasteiger partial charge on any atom is -0.373 e. The van der Waals surface area contributed by atoms with E-state index in [-0.39, 0.29) is 22.7 Å². The average molecular weight is 186 g/mol. The smallest absolute Gasteiger partial charge is 0.167 e. The molecule has 0 heterocycles. The molecule has 0 fully saturated rings. The second kappa shape index (κ2) is 3.79. The SMILES string of the molecule is COC(C(=O)C(C)(C)C)C(C)(C)C. The monoisotopic (exact) mass is 186 g/mol. The number of methoxy groups -OCH3 is 1. The fourth-order valence-electron chi connectivity index (χ4n) is 1.25. The van der Waals surface area contributed by atoms with Crippen LogP contribution in [0.4, 0.5) is 0 Å². The Labute approximate surface area is 81.7 Å². The van der Waals surface area contributed by atoms with Crippen molar-refractivity contribution in [1.82, 2.24) is 0 Å². The number of ketones is 1. The Morgan fingerprint density at radius 3 is 1.54 bits per heavy atom. The van der Waals surface area contributed by atoms with Gasteiger partial charge in [-0.05, 0) is 5.41 Å². The Morgan fingerprint density at radius 1 is 1.08 bits per heavy atom. The first-order valence-electron chi connectivity index (χ1n) is 4.68. The predicted molar refractivity (Wildman–Crippen MR) is 54.7 cm³/mol. The van der Waals surface area contributed by atoms with Crippen LogP contribution in [0, 0.1) is 10.8 Å². The molecule has 13 heavy (non-hydrogen) atoms. The van der Waals surface area contributed by atoms with Crippen molar-refractivity contribution in [3.63, 3.8) is 0 Å². The van der Waals surface area contributed by atoms with Gasteiger partial charge in [-0.25, -0.2) is 0 Å². The lowest BCUT2D eigenvalue weighted by Crippen LogP contribution is -2.42. The third kappa shape index (κ3) is 3.47. The fraction of sp³-hybridized carbons (Fsp3) is 0.909. The molecular weight excluding hydrogens is 164 g/mol. The maximum absolute atomic E-state index is 11.9. The third-order valence-electron chi connectivity index (χ3n) is 2.00. The average Bonchev–Trinajstić information content (AvgIpc) is 1.83. The van der Waals surface area contributed by atoms with Gasteiger partial charge in [0, 0.05) is 12.5 Å². The molecule has 0 N–H and O–H groups in total. The van der Waals surface area contributed by atoms with E-state index in [4.69, 9.17) is 4.74 Å². The van der Waals surface area contributed by atoms with Crippen LogP contribution in [0.15, 0.2) is 0 Å². The van der Waals surface area contributed by atoms with Gasteiger partial charge in [-0.2, -0.15) is 0 Å². The highest BCUT2D eigenvalue weighted by Gasteiger charge is 2.37. The lowest BCUT2D eigenvalue weighted by atomic mass is 9.77. The van der Waals surface area contributed by atoms with E-state index in [2.05, 4.69) is 0 Å². The summed E-state index contributed by atoms with van der Waals surface area (Å²) < 4.78 is 5.25. The van der Waals surface area contributed by atoms with Crippen LogP contribution in [0.5, 0.6) is 0 Å². The second-order valence-corrected chi connectivity index (χ2v) is 5.60. The van der Waals surface area contributed by atoms with Gasteiger partial charge in [0.2, 0.25) is 0 Å². The molecule has 0 aliphatic carbocycles. The largest absolute Gasteiger partial charge is 0.373 e. The molecule has 0 saturated carbocycles. The first kappa shape index (κ1) is 12.6. The van der Waals surface area contributed by atoms with Gasteiger partial charge in [-0.1, -0.05) is 41.5 Å². The summed E-state index contributed by atoms with van der Waals surface area (Å²) in [5.74, 6) is 0.169. The van der Waals surface area contributed by atoms with Crippen molar-refractivity contribution in [1.29, 1.82) is 0 Å². The summed E-state index contributed by atoms with van der Waals surface area (Å²) in [4.78, 5) is 11.9. The van der Waals surface area contributed by atoms with Crippen LogP contribution < -0.4 is 0 Å². The zero-order chi connectivity index (χ0) is 10.9. The number of Topliss-reactive ketones (excluding diaryl/α,β-unsaturated/α-hetero) is 1. The summed E-state index contributed by atoms with van der Waals surface area (Å²) in [7, 11) is 1.60. The van der Waals surface area contributed by atoms with E-state index in [0.29, 0.717) is 0 Å². The topological polar surface area (TPSA) is 26.3 Å². The van der Waals surface area contributed by atoms with Gasteiger partial charge in [0.25, 0.3) is 0 Å². The predicted octanol–water partition coefficient (Wildman–Crippen LogP) is 2.66. The van der Waals surface area contributed by atoms with Crippen molar-refractivity contribution in [2.75, 3.05) is 7.11 Å². The zero-order valence-corrected chi connectivity index (χ0v) is 9.89. The molecule has 0 aliphatic rings. The van der Waals surface area contributed by atoms with E-state index >= 15 is 0 Å². The Morgan fingerprint density at radius 2 is 1.46 bits per heavy atom. The van der Waals surface area contributed by atoms with Crippen molar-refractivity contribution in [2.24, 2.45) is 10.8 Å². The van der Waals surface area contributed by atoms with E-state index in [1.807, 2.05) is 41.5 Å². The van der Waals surface area contributed by atoms with E-state index in [1.54, 1.807) is 7.11 Å². The molecule has 1 unspecified atom stereocenters. The fourth-order valence-corrected chi connectivity index (χ4v) is 1.25. The first-order chi connectivity index (χ1) is 5.60. The number of hydrogen-bond acceptors (Lipinski definition) is 2. The molecule has 2 heteroatoms. The Kier molecular flexibility index (Phi) is 3.68. The van der Waals surface area contributed by atoms with Crippen molar-refractivity contribution >= 4 is 5.78 Å². The van der Waals surface area contributed by atoms with Crippen LogP contribution in [0.1, 0.15) is 41.5 Å². The van der Waals surface area contributed by atoms with Gasteiger partial charge in [0.1, 0.15) is 6.10 Å². The summed E-state index contributed by atoms with van der Waals surface area (Å²) in [5.41, 5.74) is -0.451. The maximum Gasteiger partial charge on any atom is 0.167 e. The Balaban J connectivity index is 4.72. The number of hydrogen-bond donors (Lipinski definition) is 0. The Bertz CT molecular complexity index is 181. The summed E-state index contributed by atoms with van der Waals surface area (Å²) in [6.07, 6.45) is -0.313. The molecule has 0 aromatic carbocycles. The van der Waals surface area contributed by atoms with Crippen molar-refractivity contribution in [3.05, 3.63) is 0 Å². The van der Waals surface area contributed by atoms with Gasteiger partial charge in [-0.15, -0.1) is 0 Å². The van der Waals surface area contributed by atoms with Crippen LogP contribution >= 0.6 is 0 Å². The number of carbonyl (C=O) groups excluding carboxylic acids is 1. The van der Waals surface area contributed by atoms with E-state index in [9.17, 15) is 4.79 Å². The van der Waals surface area contributed by atoms with Crippen LogP contribution in [0.25, 0.3) is 0 Å². The highest BCUT2D eigenvalue weighted by Crippen LogP contribution is 2.29. The molecule has 0 aromatic rings. The van der Waals surface area contributed by atoms with E-state index in [0.717, 1.165) is 0 Å². The minimum atomic E-state index is -0.325. The second-order valence-electron chi connectivity index (χ2n) is 5.60. The van der Waals surface area contributed by atoms with Crippen molar-refractivity contribution < 1.29 is 9.53 Å². The minimum absolute atomic E-state index is 0.126. The molecule has 0 spiro atoms. The standard InChI is InChI=1S/C11H22O2/c1-10(2,3)8(12)9(13-7)11(4,5)6/h9H,1-7H3. The summed E-state index contributed by atoms with van der Waals surface area (Å²) in [6.45, 7) is 11.8. The molecule has 0 saturated heterocycles. The van der Waals surface area contributed by atoms with Crippen LogP contribution in [0.3, 0.4) is 0 Å². The normalized spacial score (nSPS) is 15.6. The number of carbonyl (C=O) groups is 1. The molecule has 0 aliphatic heterocycles. The highest BCUT2D eigenvalue weighted by atomic mass is 16.5. The third-order valence-corrected chi connectivity index (χ3v) is 2.00. The van der Waals surface area contributed by atoms with Gasteiger partial charge in [0.05, 0.1) is 0 Å². The van der Waals surface area contributed by atoms with E-state index in [1.165, 1.54) is 0 Å². The number of ether oxygens (including phenoxy) is 1. The van der Waals surface area contributed by atoms with E-state index < -0.39 is 0 Å². The lowest BCUT2D eigenvalue weighted by molar-refractivity contribution is -0.143. The zero-order valence-electron chi connectivity index (χ0n) is 9.89. The molecular formula is C11H22O2. The van der Waals surface area contributed by atoms with Gasteiger partial charge >= 0.3 is 0 Å². The molecule has 0 amide bonds. The van der Waals surface area contributed by atoms with Gasteiger partial charge in [-0.3, -0.25) is 4.79 Å². The Hall–Kier alpha value is -0.370. The lowest BCUT2D eigenvalue weighted by Gasteiger charge is -2.32. The molecule has 0 radical (unpaired) electrons. The molecule has 2 nitrogen and oxygen atoms in total. The maximum atomic E-state index is 11.9. The highest BCUT2D eigenvalue weighted by molar-refractivity contribution is 5.88. The van der Waals surface area contributed by atoms with Crippen molar-refractivity contribution in [2.45, 2.75) is 47.6 Å². The van der Waals surface area contributed by atoms with Crippen LogP contribution in [0.2, 0.25) is 0 Å². The van der Waals surface area contributed by atoms with Crippen LogP contribution in [-0.4, -0.2) is 19.0 Å². The molecule has 78 valence electrons. The van der Waals surface area contributed by atoms with Crippen molar-refractivity contribution in [3.8, 4) is 0 Å². The quantitative estimate of drug-likeness (QED) is 0.662. The number of rotatable bonds is 2. The van der Waals surface area contributed by atoms with Gasteiger partial charge in [0.15, 0.2) is 5.78 Å². The summed E-state index contributed by atoms with van der Waals surface area (Å²) in [6, 6.07) is 0.